The first-order valence-corrected chi connectivity index (χ1v) is 6.63. The van der Waals surface area contributed by atoms with Crippen LogP contribution < -0.4 is 5.32 Å². The predicted molar refractivity (Wildman–Crippen MR) is 68.4 cm³/mol. The highest BCUT2D eigenvalue weighted by Crippen LogP contribution is 2.10. The fourth-order valence-corrected chi connectivity index (χ4v) is 1.76. The summed E-state index contributed by atoms with van der Waals surface area (Å²) in [7, 11) is 0. The van der Waals surface area contributed by atoms with Crippen LogP contribution in [0.25, 0.3) is 0 Å². The van der Waals surface area contributed by atoms with Gasteiger partial charge in [0.1, 0.15) is 0 Å². The average molecular weight is 239 g/mol. The Labute approximate surface area is 104 Å². The third-order valence-corrected chi connectivity index (χ3v) is 3.03. The zero-order valence-electron chi connectivity index (χ0n) is 11.5. The zero-order valence-corrected chi connectivity index (χ0v) is 11.5. The molecule has 17 heavy (non-hydrogen) atoms. The second kappa shape index (κ2) is 7.37. The van der Waals surface area contributed by atoms with E-state index >= 15 is 0 Å². The predicted octanol–water partition coefficient (Wildman–Crippen LogP) is 1.85. The van der Waals surface area contributed by atoms with E-state index in [0.717, 1.165) is 25.5 Å². The molecule has 5 heteroatoms. The molecule has 1 heterocycles. The van der Waals surface area contributed by atoms with Gasteiger partial charge < -0.3 is 5.32 Å². The van der Waals surface area contributed by atoms with E-state index in [2.05, 4.69) is 48.5 Å². The van der Waals surface area contributed by atoms with Crippen LogP contribution in [0.2, 0.25) is 0 Å². The van der Waals surface area contributed by atoms with Gasteiger partial charge in [0.25, 0.3) is 0 Å². The van der Waals surface area contributed by atoms with E-state index < -0.39 is 0 Å². The largest absolute Gasteiger partial charge is 0.310 e. The molecule has 98 valence electrons. The van der Waals surface area contributed by atoms with Crippen molar-refractivity contribution in [2.75, 3.05) is 6.54 Å². The van der Waals surface area contributed by atoms with Crippen molar-refractivity contribution in [3.63, 3.8) is 0 Å². The van der Waals surface area contributed by atoms with Crippen LogP contribution in [-0.2, 0) is 13.1 Å². The highest BCUT2D eigenvalue weighted by molar-refractivity contribution is 4.80. The SMILES string of the molecule is CCC(CC)Cn1nnnc1CNCC(C)C. The Hall–Kier alpha value is -0.970. The fourth-order valence-electron chi connectivity index (χ4n) is 1.76. The Kier molecular flexibility index (Phi) is 6.11. The van der Waals surface area contributed by atoms with Crippen molar-refractivity contribution in [2.45, 2.75) is 53.6 Å². The first kappa shape index (κ1) is 14.1. The first-order chi connectivity index (χ1) is 8.17. The third-order valence-electron chi connectivity index (χ3n) is 3.03. The smallest absolute Gasteiger partial charge is 0.165 e. The van der Waals surface area contributed by atoms with Crippen molar-refractivity contribution in [2.24, 2.45) is 11.8 Å². The highest BCUT2D eigenvalue weighted by Gasteiger charge is 2.10. The molecule has 0 atom stereocenters. The molecule has 0 aliphatic carbocycles. The number of hydrogen-bond donors (Lipinski definition) is 1. The molecule has 0 spiro atoms. The van der Waals surface area contributed by atoms with E-state index in [1.807, 2.05) is 4.68 Å². The standard InChI is InChI=1S/C12H25N5/c1-5-11(6-2)9-17-12(14-15-16-17)8-13-7-10(3)4/h10-11,13H,5-9H2,1-4H3. The van der Waals surface area contributed by atoms with Gasteiger partial charge in [-0.1, -0.05) is 40.5 Å². The molecule has 0 radical (unpaired) electrons. The van der Waals surface area contributed by atoms with Crippen molar-refractivity contribution in [3.8, 4) is 0 Å². The van der Waals surface area contributed by atoms with Crippen molar-refractivity contribution in [3.05, 3.63) is 5.82 Å². The Morgan fingerprint density at radius 2 is 1.94 bits per heavy atom. The van der Waals surface area contributed by atoms with Gasteiger partial charge in [-0.2, -0.15) is 0 Å². The summed E-state index contributed by atoms with van der Waals surface area (Å²) in [5.74, 6) is 2.26. The normalized spacial score (nSPS) is 11.6. The van der Waals surface area contributed by atoms with Crippen molar-refractivity contribution in [1.29, 1.82) is 0 Å². The molecule has 0 aliphatic heterocycles. The van der Waals surface area contributed by atoms with Gasteiger partial charge in [0, 0.05) is 6.54 Å². The van der Waals surface area contributed by atoms with Gasteiger partial charge >= 0.3 is 0 Å². The molecule has 0 saturated carbocycles. The lowest BCUT2D eigenvalue weighted by molar-refractivity contribution is 0.378. The zero-order chi connectivity index (χ0) is 12.7. The van der Waals surface area contributed by atoms with Gasteiger partial charge in [0.15, 0.2) is 5.82 Å². The third kappa shape index (κ3) is 4.81. The average Bonchev–Trinajstić information content (AvgIpc) is 2.73. The van der Waals surface area contributed by atoms with E-state index in [4.69, 9.17) is 0 Å². The molecular formula is C12H25N5. The molecule has 1 aromatic heterocycles. The van der Waals surface area contributed by atoms with Crippen LogP contribution in [0.4, 0.5) is 0 Å². The minimum absolute atomic E-state index is 0.651. The molecule has 0 amide bonds. The lowest BCUT2D eigenvalue weighted by atomic mass is 10.0. The van der Waals surface area contributed by atoms with Crippen LogP contribution in [0.5, 0.6) is 0 Å². The molecular weight excluding hydrogens is 214 g/mol. The molecule has 0 bridgehead atoms. The number of nitrogens with zero attached hydrogens (tertiary/aromatic N) is 4. The van der Waals surface area contributed by atoms with Gasteiger partial charge in [-0.15, -0.1) is 5.10 Å². The van der Waals surface area contributed by atoms with Gasteiger partial charge in [-0.3, -0.25) is 0 Å². The van der Waals surface area contributed by atoms with Gasteiger partial charge in [-0.25, -0.2) is 4.68 Å². The number of nitrogens with one attached hydrogen (secondary N) is 1. The summed E-state index contributed by atoms with van der Waals surface area (Å²) in [6.07, 6.45) is 2.35. The Bertz CT molecular complexity index is 304. The molecule has 1 rings (SSSR count). The van der Waals surface area contributed by atoms with Crippen LogP contribution in [-0.4, -0.2) is 26.8 Å². The van der Waals surface area contributed by atoms with Crippen molar-refractivity contribution in [1.82, 2.24) is 25.5 Å². The monoisotopic (exact) mass is 239 g/mol. The molecule has 0 aliphatic rings. The lowest BCUT2D eigenvalue weighted by Crippen LogP contribution is -2.23. The second-order valence-corrected chi connectivity index (χ2v) is 4.98. The number of rotatable bonds is 8. The summed E-state index contributed by atoms with van der Waals surface area (Å²) < 4.78 is 1.94. The minimum Gasteiger partial charge on any atom is -0.310 e. The summed E-state index contributed by atoms with van der Waals surface area (Å²) in [6, 6.07) is 0. The van der Waals surface area contributed by atoms with Crippen molar-refractivity contribution < 1.29 is 0 Å². The van der Waals surface area contributed by atoms with E-state index in [1.54, 1.807) is 0 Å². The molecule has 0 aromatic carbocycles. The van der Waals surface area contributed by atoms with Crippen LogP contribution in [0.15, 0.2) is 0 Å². The summed E-state index contributed by atoms with van der Waals surface area (Å²) in [4.78, 5) is 0. The van der Waals surface area contributed by atoms with Gasteiger partial charge in [0.05, 0.1) is 6.54 Å². The Morgan fingerprint density at radius 1 is 1.24 bits per heavy atom. The molecule has 0 unspecified atom stereocenters. The quantitative estimate of drug-likeness (QED) is 0.752. The Morgan fingerprint density at radius 3 is 2.53 bits per heavy atom. The van der Waals surface area contributed by atoms with Crippen LogP contribution in [0.3, 0.4) is 0 Å². The molecule has 1 N–H and O–H groups in total. The fraction of sp³-hybridized carbons (Fsp3) is 0.917. The van der Waals surface area contributed by atoms with E-state index in [1.165, 1.54) is 12.8 Å². The van der Waals surface area contributed by atoms with Gasteiger partial charge in [0.2, 0.25) is 0 Å². The van der Waals surface area contributed by atoms with Crippen LogP contribution >= 0.6 is 0 Å². The molecule has 1 aromatic rings. The van der Waals surface area contributed by atoms with E-state index in [9.17, 15) is 0 Å². The first-order valence-electron chi connectivity index (χ1n) is 6.63. The number of tetrazole rings is 1. The van der Waals surface area contributed by atoms with Crippen LogP contribution in [0, 0.1) is 11.8 Å². The number of hydrogen-bond acceptors (Lipinski definition) is 4. The van der Waals surface area contributed by atoms with Crippen molar-refractivity contribution >= 4 is 0 Å². The van der Waals surface area contributed by atoms with E-state index in [0.29, 0.717) is 11.8 Å². The molecule has 0 saturated heterocycles. The minimum atomic E-state index is 0.651. The van der Waals surface area contributed by atoms with Crippen LogP contribution in [0.1, 0.15) is 46.4 Å². The summed E-state index contributed by atoms with van der Waals surface area (Å²) in [6.45, 7) is 11.5. The maximum Gasteiger partial charge on any atom is 0.165 e. The van der Waals surface area contributed by atoms with Gasteiger partial charge in [-0.05, 0) is 28.8 Å². The molecule has 0 fully saturated rings. The number of aromatic nitrogens is 4. The maximum absolute atomic E-state index is 4.07. The molecule has 5 nitrogen and oxygen atoms in total. The summed E-state index contributed by atoms with van der Waals surface area (Å²) in [5, 5.41) is 15.3. The maximum atomic E-state index is 4.07. The van der Waals surface area contributed by atoms with E-state index in [-0.39, 0.29) is 0 Å². The Balaban J connectivity index is 2.47. The second-order valence-electron chi connectivity index (χ2n) is 4.98. The highest BCUT2D eigenvalue weighted by atomic mass is 15.5. The summed E-state index contributed by atoms with van der Waals surface area (Å²) in [5.41, 5.74) is 0. The topological polar surface area (TPSA) is 55.6 Å². The lowest BCUT2D eigenvalue weighted by Gasteiger charge is -2.13. The summed E-state index contributed by atoms with van der Waals surface area (Å²) >= 11 is 0.